The highest BCUT2D eigenvalue weighted by molar-refractivity contribution is 5.92. The number of hydrazine groups is 1. The summed E-state index contributed by atoms with van der Waals surface area (Å²) < 4.78 is 5.10. The van der Waals surface area contributed by atoms with Gasteiger partial charge in [0.15, 0.2) is 5.76 Å². The Morgan fingerprint density at radius 1 is 1.62 bits per heavy atom. The quantitative estimate of drug-likeness (QED) is 0.445. The number of carbonyl (C=O) groups is 1. The molecule has 0 aromatic carbocycles. The average molecular weight is 225 g/mol. The maximum Gasteiger partial charge on any atom is 0.301 e. The largest absolute Gasteiger partial charge is 0.459 e. The summed E-state index contributed by atoms with van der Waals surface area (Å²) in [6, 6.07) is 1.79. The molecule has 5 heteroatoms. The van der Waals surface area contributed by atoms with E-state index >= 15 is 0 Å². The number of nitrogens with one attached hydrogen (secondary N) is 1. The number of hydrogen-bond acceptors (Lipinski definition) is 4. The van der Waals surface area contributed by atoms with Gasteiger partial charge in [0.1, 0.15) is 0 Å². The third-order valence-corrected chi connectivity index (χ3v) is 2.20. The van der Waals surface area contributed by atoms with Crippen molar-refractivity contribution in [1.29, 1.82) is 0 Å². The molecule has 0 spiro atoms. The predicted molar refractivity (Wildman–Crippen MR) is 61.5 cm³/mol. The van der Waals surface area contributed by atoms with Crippen LogP contribution in [0.25, 0.3) is 0 Å². The maximum absolute atomic E-state index is 11.4. The van der Waals surface area contributed by atoms with E-state index < -0.39 is 5.91 Å². The number of hydrogen-bond donors (Lipinski definition) is 2. The lowest BCUT2D eigenvalue weighted by molar-refractivity contribution is 0.0923. The highest BCUT2D eigenvalue weighted by Crippen LogP contribution is 2.13. The van der Waals surface area contributed by atoms with Gasteiger partial charge in [-0.2, -0.15) is 0 Å². The molecule has 0 aliphatic carbocycles. The topological polar surface area (TPSA) is 71.5 Å². The molecule has 1 amide bonds. The Bertz CT molecular complexity index is 347. The monoisotopic (exact) mass is 225 g/mol. The Labute approximate surface area is 95.6 Å². The zero-order chi connectivity index (χ0) is 12.1. The third kappa shape index (κ3) is 3.36. The lowest BCUT2D eigenvalue weighted by Crippen LogP contribution is -2.31. The Morgan fingerprint density at radius 3 is 2.88 bits per heavy atom. The van der Waals surface area contributed by atoms with Gasteiger partial charge in [0, 0.05) is 18.7 Å². The molecule has 0 radical (unpaired) electrons. The van der Waals surface area contributed by atoms with Gasteiger partial charge in [-0.05, 0) is 19.0 Å². The Balaban J connectivity index is 2.66. The minimum Gasteiger partial charge on any atom is -0.459 e. The number of nitrogen functional groups attached to an aromatic ring is 1. The van der Waals surface area contributed by atoms with E-state index in [-0.39, 0.29) is 5.76 Å². The summed E-state index contributed by atoms with van der Waals surface area (Å²) in [7, 11) is 2.01. The average Bonchev–Trinajstić information content (AvgIpc) is 2.63. The first-order valence-electron chi connectivity index (χ1n) is 5.30. The second-order valence-corrected chi connectivity index (χ2v) is 4.34. The molecule has 0 fully saturated rings. The summed E-state index contributed by atoms with van der Waals surface area (Å²) >= 11 is 0. The van der Waals surface area contributed by atoms with Gasteiger partial charge in [0.2, 0.25) is 0 Å². The van der Waals surface area contributed by atoms with E-state index in [2.05, 4.69) is 24.2 Å². The number of rotatable bonds is 5. The molecule has 0 saturated carbocycles. The van der Waals surface area contributed by atoms with Crippen molar-refractivity contribution in [2.24, 2.45) is 11.8 Å². The molecule has 1 rings (SSSR count). The molecule has 0 bridgehead atoms. The number of nitrogens with zero attached hydrogens (tertiary/aromatic N) is 1. The lowest BCUT2D eigenvalue weighted by atomic mass is 10.2. The van der Waals surface area contributed by atoms with Crippen LogP contribution in [0.4, 0.5) is 0 Å². The summed E-state index contributed by atoms with van der Waals surface area (Å²) in [6.45, 7) is 5.95. The fraction of sp³-hybridized carbons (Fsp3) is 0.545. The normalized spacial score (nSPS) is 11.1. The van der Waals surface area contributed by atoms with Gasteiger partial charge in [-0.3, -0.25) is 10.2 Å². The number of carbonyl (C=O) groups excluding carboxylic acids is 1. The molecule has 0 saturated heterocycles. The van der Waals surface area contributed by atoms with Crippen molar-refractivity contribution in [1.82, 2.24) is 10.3 Å². The van der Waals surface area contributed by atoms with E-state index in [1.807, 2.05) is 7.05 Å². The Morgan fingerprint density at radius 2 is 2.31 bits per heavy atom. The molecular formula is C11H19N3O2. The first-order chi connectivity index (χ1) is 7.54. The van der Waals surface area contributed by atoms with E-state index in [9.17, 15) is 4.79 Å². The zero-order valence-electron chi connectivity index (χ0n) is 9.99. The van der Waals surface area contributed by atoms with Crippen LogP contribution in [-0.2, 0) is 6.54 Å². The summed E-state index contributed by atoms with van der Waals surface area (Å²) in [6.07, 6.45) is 1.50. The molecule has 0 aliphatic heterocycles. The van der Waals surface area contributed by atoms with Crippen molar-refractivity contribution in [3.05, 3.63) is 23.7 Å². The van der Waals surface area contributed by atoms with Gasteiger partial charge < -0.3 is 9.32 Å². The first kappa shape index (κ1) is 12.7. The molecule has 1 aromatic rings. The summed E-state index contributed by atoms with van der Waals surface area (Å²) in [5.41, 5.74) is 2.92. The SMILES string of the molecule is CC(C)CN(C)Cc1ccoc1C(=O)NN. The fourth-order valence-corrected chi connectivity index (χ4v) is 1.70. The van der Waals surface area contributed by atoms with Crippen LogP contribution in [0.5, 0.6) is 0 Å². The van der Waals surface area contributed by atoms with Gasteiger partial charge in [-0.15, -0.1) is 0 Å². The first-order valence-corrected chi connectivity index (χ1v) is 5.30. The van der Waals surface area contributed by atoms with E-state index in [0.29, 0.717) is 12.5 Å². The maximum atomic E-state index is 11.4. The molecule has 90 valence electrons. The van der Waals surface area contributed by atoms with Crippen molar-refractivity contribution in [2.75, 3.05) is 13.6 Å². The summed E-state index contributed by atoms with van der Waals surface area (Å²) in [5.74, 6) is 5.56. The summed E-state index contributed by atoms with van der Waals surface area (Å²) in [5, 5.41) is 0. The zero-order valence-corrected chi connectivity index (χ0v) is 9.99. The van der Waals surface area contributed by atoms with Crippen molar-refractivity contribution in [3.8, 4) is 0 Å². The van der Waals surface area contributed by atoms with Crippen LogP contribution in [-0.4, -0.2) is 24.4 Å². The molecule has 1 aromatic heterocycles. The number of nitrogens with two attached hydrogens (primary N) is 1. The molecule has 5 nitrogen and oxygen atoms in total. The minimum absolute atomic E-state index is 0.290. The van der Waals surface area contributed by atoms with E-state index in [1.54, 1.807) is 6.07 Å². The van der Waals surface area contributed by atoms with Crippen molar-refractivity contribution >= 4 is 5.91 Å². The van der Waals surface area contributed by atoms with Gasteiger partial charge in [0.25, 0.3) is 0 Å². The molecule has 0 atom stereocenters. The van der Waals surface area contributed by atoms with Gasteiger partial charge in [-0.1, -0.05) is 13.8 Å². The van der Waals surface area contributed by atoms with Crippen molar-refractivity contribution < 1.29 is 9.21 Å². The molecular weight excluding hydrogens is 206 g/mol. The van der Waals surface area contributed by atoms with Gasteiger partial charge in [0.05, 0.1) is 6.26 Å². The molecule has 3 N–H and O–H groups in total. The number of furan rings is 1. The van der Waals surface area contributed by atoms with E-state index in [4.69, 9.17) is 10.3 Å². The highest BCUT2D eigenvalue weighted by atomic mass is 16.3. The number of amides is 1. The van der Waals surface area contributed by atoms with Crippen molar-refractivity contribution in [2.45, 2.75) is 20.4 Å². The Hall–Kier alpha value is -1.33. The van der Waals surface area contributed by atoms with Crippen LogP contribution < -0.4 is 11.3 Å². The second kappa shape index (κ2) is 5.67. The smallest absolute Gasteiger partial charge is 0.301 e. The van der Waals surface area contributed by atoms with E-state index in [1.165, 1.54) is 6.26 Å². The Kier molecular flexibility index (Phi) is 4.52. The molecule has 0 aliphatic rings. The van der Waals surface area contributed by atoms with Crippen LogP contribution in [0.2, 0.25) is 0 Å². The molecule has 0 unspecified atom stereocenters. The van der Waals surface area contributed by atoms with E-state index in [0.717, 1.165) is 12.1 Å². The van der Waals surface area contributed by atoms with Crippen LogP contribution in [0.1, 0.15) is 30.0 Å². The van der Waals surface area contributed by atoms with Gasteiger partial charge in [-0.25, -0.2) is 5.84 Å². The van der Waals surface area contributed by atoms with Gasteiger partial charge >= 0.3 is 5.91 Å². The summed E-state index contributed by atoms with van der Waals surface area (Å²) in [4.78, 5) is 13.5. The van der Waals surface area contributed by atoms with Crippen LogP contribution in [0.15, 0.2) is 16.7 Å². The van der Waals surface area contributed by atoms with Crippen LogP contribution in [0, 0.1) is 5.92 Å². The molecule has 16 heavy (non-hydrogen) atoms. The minimum atomic E-state index is -0.391. The standard InChI is InChI=1S/C11H19N3O2/c1-8(2)6-14(3)7-9-4-5-16-10(9)11(15)13-12/h4-5,8H,6-7,12H2,1-3H3,(H,13,15). The predicted octanol–water partition coefficient (Wildman–Crippen LogP) is 0.971. The van der Waals surface area contributed by atoms with Crippen LogP contribution in [0.3, 0.4) is 0 Å². The third-order valence-electron chi connectivity index (χ3n) is 2.20. The molecule has 1 heterocycles. The second-order valence-electron chi connectivity index (χ2n) is 4.34. The highest BCUT2D eigenvalue weighted by Gasteiger charge is 2.15. The van der Waals surface area contributed by atoms with Crippen molar-refractivity contribution in [3.63, 3.8) is 0 Å². The van der Waals surface area contributed by atoms with Crippen LogP contribution >= 0.6 is 0 Å². The fourth-order valence-electron chi connectivity index (χ4n) is 1.70. The lowest BCUT2D eigenvalue weighted by Gasteiger charge is -2.18.